The Morgan fingerprint density at radius 3 is 2.32 bits per heavy atom. The summed E-state index contributed by atoms with van der Waals surface area (Å²) in [5, 5.41) is 3.12. The third-order valence-corrected chi connectivity index (χ3v) is 6.24. The molecule has 2 aliphatic rings. The molecule has 2 aliphatic heterocycles. The molecule has 2 heterocycles. The summed E-state index contributed by atoms with van der Waals surface area (Å²) in [6, 6.07) is 10.3. The Morgan fingerprint density at radius 2 is 1.79 bits per heavy atom. The number of esters is 2. The van der Waals surface area contributed by atoms with Crippen LogP contribution in [0, 0.1) is 0 Å². The van der Waals surface area contributed by atoms with Crippen LogP contribution in [0.25, 0.3) is 0 Å². The molecule has 34 heavy (non-hydrogen) atoms. The second-order valence-electron chi connectivity index (χ2n) is 8.63. The fourth-order valence-electron chi connectivity index (χ4n) is 4.19. The van der Waals surface area contributed by atoms with E-state index in [2.05, 4.69) is 35.9 Å². The highest BCUT2D eigenvalue weighted by molar-refractivity contribution is 5.96. The van der Waals surface area contributed by atoms with Gasteiger partial charge in [-0.05, 0) is 32.8 Å². The van der Waals surface area contributed by atoms with Gasteiger partial charge in [0.25, 0.3) is 0 Å². The standard InChI is InChI=1S/C23H30N2O4.C5H8/c1-5-23(11-12-25(15-23)14-18-9-7-6-8-10-18)29-22(27)20-13-19(21(26)28-4)16(2)24-17(20)3;1-3-5-4-2/h6-10,24H,5,11-15H2,1-4H3;3-5H,1H2,2H3/b;5-4-. The molecule has 1 atom stereocenters. The van der Waals surface area contributed by atoms with Crippen molar-refractivity contribution in [2.75, 3.05) is 20.2 Å². The molecule has 6 heteroatoms. The molecule has 0 radical (unpaired) electrons. The molecule has 0 bridgehead atoms. The number of rotatable bonds is 7. The molecule has 0 aromatic heterocycles. The molecule has 184 valence electrons. The van der Waals surface area contributed by atoms with E-state index in [1.165, 1.54) is 12.7 Å². The Bertz CT molecular complexity index is 962. The van der Waals surface area contributed by atoms with Gasteiger partial charge in [-0.25, -0.2) is 9.59 Å². The van der Waals surface area contributed by atoms with Crippen LogP contribution in [-0.2, 0) is 25.6 Å². The molecule has 1 fully saturated rings. The molecule has 1 saturated heterocycles. The highest BCUT2D eigenvalue weighted by Crippen LogP contribution is 2.33. The van der Waals surface area contributed by atoms with Gasteiger partial charge in [-0.3, -0.25) is 4.90 Å². The monoisotopic (exact) mass is 466 g/mol. The van der Waals surface area contributed by atoms with Gasteiger partial charge in [0, 0.05) is 43.9 Å². The van der Waals surface area contributed by atoms with Gasteiger partial charge < -0.3 is 14.8 Å². The van der Waals surface area contributed by atoms with E-state index < -0.39 is 11.6 Å². The minimum Gasteiger partial charge on any atom is -0.466 e. The van der Waals surface area contributed by atoms with Crippen molar-refractivity contribution in [2.45, 2.75) is 59.1 Å². The Kier molecular flexibility index (Phi) is 10.3. The molecule has 1 N–H and O–H groups in total. The molecule has 6 nitrogen and oxygen atoms in total. The molecule has 0 spiro atoms. The number of nitrogens with one attached hydrogen (secondary N) is 1. The van der Waals surface area contributed by atoms with Gasteiger partial charge in [0.2, 0.25) is 0 Å². The van der Waals surface area contributed by atoms with Crippen molar-refractivity contribution in [3.8, 4) is 0 Å². The van der Waals surface area contributed by atoms with Crippen molar-refractivity contribution < 1.29 is 19.1 Å². The van der Waals surface area contributed by atoms with Crippen molar-refractivity contribution in [1.29, 1.82) is 0 Å². The summed E-state index contributed by atoms with van der Waals surface area (Å²) in [7, 11) is 1.34. The molecule has 1 aromatic rings. The number of methoxy groups -OCH3 is 1. The molecule has 3 rings (SSSR count). The van der Waals surface area contributed by atoms with E-state index in [0.717, 1.165) is 31.6 Å². The summed E-state index contributed by atoms with van der Waals surface area (Å²) in [5.74, 6) is -0.778. The third kappa shape index (κ3) is 7.19. The highest BCUT2D eigenvalue weighted by atomic mass is 16.6. The third-order valence-electron chi connectivity index (χ3n) is 6.24. The highest BCUT2D eigenvalue weighted by Gasteiger charge is 2.41. The van der Waals surface area contributed by atoms with Crippen molar-refractivity contribution in [3.05, 3.63) is 83.2 Å². The van der Waals surface area contributed by atoms with Crippen LogP contribution in [-0.4, -0.2) is 42.6 Å². The van der Waals surface area contributed by atoms with Crippen LogP contribution < -0.4 is 5.32 Å². The van der Waals surface area contributed by atoms with Crippen LogP contribution in [0.1, 0.15) is 52.5 Å². The maximum atomic E-state index is 13.0. The lowest BCUT2D eigenvalue weighted by Gasteiger charge is -2.30. The fraction of sp³-hybridized carbons (Fsp3) is 0.429. The molecule has 1 aromatic carbocycles. The number of hydrogen-bond acceptors (Lipinski definition) is 6. The predicted molar refractivity (Wildman–Crippen MR) is 136 cm³/mol. The van der Waals surface area contributed by atoms with Crippen LogP contribution in [0.2, 0.25) is 0 Å². The zero-order chi connectivity index (χ0) is 25.1. The summed E-state index contributed by atoms with van der Waals surface area (Å²) >= 11 is 0. The normalized spacial score (nSPS) is 20.5. The predicted octanol–water partition coefficient (Wildman–Crippen LogP) is 5.05. The minimum atomic E-state index is -0.499. The second kappa shape index (κ2) is 12.9. The van der Waals surface area contributed by atoms with Gasteiger partial charge >= 0.3 is 11.9 Å². The number of ether oxygens (including phenoxy) is 2. The first-order valence-corrected chi connectivity index (χ1v) is 11.8. The van der Waals surface area contributed by atoms with Crippen molar-refractivity contribution in [2.24, 2.45) is 0 Å². The average Bonchev–Trinajstić information content (AvgIpc) is 3.22. The summed E-state index contributed by atoms with van der Waals surface area (Å²) in [6.45, 7) is 13.6. The number of benzene rings is 1. The molecule has 0 saturated carbocycles. The van der Waals surface area contributed by atoms with E-state index in [1.54, 1.807) is 6.08 Å². The zero-order valence-electron chi connectivity index (χ0n) is 21.1. The maximum Gasteiger partial charge on any atom is 0.336 e. The van der Waals surface area contributed by atoms with E-state index in [9.17, 15) is 9.59 Å². The van der Waals surface area contributed by atoms with Gasteiger partial charge in [-0.2, -0.15) is 0 Å². The van der Waals surface area contributed by atoms with E-state index in [-0.39, 0.29) is 12.4 Å². The minimum absolute atomic E-state index is 0.226. The van der Waals surface area contributed by atoms with Gasteiger partial charge in [0.1, 0.15) is 5.60 Å². The van der Waals surface area contributed by atoms with Gasteiger partial charge in [-0.1, -0.05) is 62.1 Å². The van der Waals surface area contributed by atoms with E-state index in [1.807, 2.05) is 51.1 Å². The topological polar surface area (TPSA) is 67.9 Å². The summed E-state index contributed by atoms with van der Waals surface area (Å²) in [6.07, 6.45) is 7.36. The number of nitrogens with zero attached hydrogens (tertiary/aromatic N) is 1. The summed E-state index contributed by atoms with van der Waals surface area (Å²) in [5.41, 5.74) is 3.15. The van der Waals surface area contributed by atoms with Crippen LogP contribution in [0.4, 0.5) is 0 Å². The Labute approximate surface area is 204 Å². The lowest BCUT2D eigenvalue weighted by atomic mass is 9.96. The smallest absolute Gasteiger partial charge is 0.336 e. The molecular weight excluding hydrogens is 428 g/mol. The first-order valence-electron chi connectivity index (χ1n) is 11.8. The fourth-order valence-corrected chi connectivity index (χ4v) is 4.19. The van der Waals surface area contributed by atoms with E-state index >= 15 is 0 Å². The maximum absolute atomic E-state index is 13.0. The average molecular weight is 467 g/mol. The van der Waals surface area contributed by atoms with Crippen LogP contribution >= 0.6 is 0 Å². The van der Waals surface area contributed by atoms with Crippen LogP contribution in [0.5, 0.6) is 0 Å². The van der Waals surface area contributed by atoms with Crippen LogP contribution in [0.3, 0.4) is 0 Å². The number of allylic oxidation sites excluding steroid dienone is 5. The first kappa shape index (κ1) is 27.1. The number of hydrogen-bond donors (Lipinski definition) is 1. The number of carbonyl (C=O) groups excluding carboxylic acids is 2. The molecular formula is C28H38N2O4. The number of likely N-dealkylation sites (tertiary alicyclic amines) is 1. The quantitative estimate of drug-likeness (QED) is 0.448. The summed E-state index contributed by atoms with van der Waals surface area (Å²) in [4.78, 5) is 27.4. The SMILES string of the molecule is C=C/C=C\C.CCC1(OC(=O)C2=C(C)NC(C)=C(C(=O)OC)C2)CCN(Cc2ccccc2)C1. The molecule has 0 aliphatic carbocycles. The Balaban J connectivity index is 0.000000739. The van der Waals surface area contributed by atoms with Crippen LogP contribution in [0.15, 0.2) is 77.7 Å². The molecule has 1 unspecified atom stereocenters. The summed E-state index contributed by atoms with van der Waals surface area (Å²) < 4.78 is 10.9. The second-order valence-corrected chi connectivity index (χ2v) is 8.63. The lowest BCUT2D eigenvalue weighted by Crippen LogP contribution is -2.39. The largest absolute Gasteiger partial charge is 0.466 e. The Hall–Kier alpha value is -3.12. The van der Waals surface area contributed by atoms with Crippen molar-refractivity contribution in [3.63, 3.8) is 0 Å². The number of carbonyl (C=O) groups is 2. The zero-order valence-corrected chi connectivity index (χ0v) is 21.1. The molecule has 0 amide bonds. The van der Waals surface area contributed by atoms with Crippen molar-refractivity contribution in [1.82, 2.24) is 10.2 Å². The van der Waals surface area contributed by atoms with Gasteiger partial charge in [0.05, 0.1) is 18.3 Å². The van der Waals surface area contributed by atoms with E-state index in [4.69, 9.17) is 9.47 Å². The lowest BCUT2D eigenvalue weighted by molar-refractivity contribution is -0.154. The van der Waals surface area contributed by atoms with E-state index in [0.29, 0.717) is 23.4 Å². The first-order chi connectivity index (χ1) is 16.3. The van der Waals surface area contributed by atoms with Gasteiger partial charge in [0.15, 0.2) is 0 Å². The van der Waals surface area contributed by atoms with Crippen molar-refractivity contribution >= 4 is 11.9 Å². The number of dihydropyridines is 1. The Morgan fingerprint density at radius 1 is 1.15 bits per heavy atom. The van der Waals surface area contributed by atoms with Gasteiger partial charge in [-0.15, -0.1) is 0 Å².